The van der Waals surface area contributed by atoms with E-state index in [1.54, 1.807) is 17.4 Å². The van der Waals surface area contributed by atoms with E-state index >= 15 is 0 Å². The van der Waals surface area contributed by atoms with Gasteiger partial charge in [0.2, 0.25) is 5.91 Å². The van der Waals surface area contributed by atoms with Crippen LogP contribution in [0.1, 0.15) is 47.5 Å². The van der Waals surface area contributed by atoms with Crippen LogP contribution in [0.25, 0.3) is 0 Å². The maximum absolute atomic E-state index is 13.2. The van der Waals surface area contributed by atoms with Crippen molar-refractivity contribution in [3.05, 3.63) is 51.2 Å². The van der Waals surface area contributed by atoms with E-state index in [4.69, 9.17) is 0 Å². The molecule has 1 aromatic carbocycles. The Hall–Kier alpha value is -1.79. The van der Waals surface area contributed by atoms with Gasteiger partial charge in [0, 0.05) is 4.88 Å². The predicted octanol–water partition coefficient (Wildman–Crippen LogP) is 3.37. The van der Waals surface area contributed by atoms with Crippen molar-refractivity contribution in [1.29, 1.82) is 0 Å². The summed E-state index contributed by atoms with van der Waals surface area (Å²) in [6.45, 7) is 7.66. The van der Waals surface area contributed by atoms with Gasteiger partial charge in [0.25, 0.3) is 0 Å². The largest absolute Gasteiger partial charge is 0.388 e. The summed E-state index contributed by atoms with van der Waals surface area (Å²) in [5.41, 5.74) is 0.716. The lowest BCUT2D eigenvalue weighted by Crippen LogP contribution is -2.41. The van der Waals surface area contributed by atoms with Crippen molar-refractivity contribution in [2.24, 2.45) is 0 Å². The second-order valence-electron chi connectivity index (χ2n) is 6.11. The van der Waals surface area contributed by atoms with E-state index in [2.05, 4.69) is 10.3 Å². The number of hydrogen-bond donors (Lipinski definition) is 2. The fourth-order valence-corrected chi connectivity index (χ4v) is 3.17. The normalized spacial score (nSPS) is 13.0. The highest BCUT2D eigenvalue weighted by Gasteiger charge is 2.28. The zero-order valence-electron chi connectivity index (χ0n) is 13.7. The Kier molecular flexibility index (Phi) is 5.16. The van der Waals surface area contributed by atoms with Crippen LogP contribution in [0.3, 0.4) is 0 Å². The number of aliphatic hydroxyl groups excluding tert-OH is 1. The number of amides is 1. The average Bonchev–Trinajstić information content (AvgIpc) is 2.79. The van der Waals surface area contributed by atoms with Crippen LogP contribution in [0.2, 0.25) is 0 Å². The summed E-state index contributed by atoms with van der Waals surface area (Å²) < 4.78 is 13.2. The minimum absolute atomic E-state index is 0.129. The summed E-state index contributed by atoms with van der Waals surface area (Å²) in [5, 5.41) is 13.8. The predicted molar refractivity (Wildman–Crippen MR) is 88.7 cm³/mol. The third-order valence-electron chi connectivity index (χ3n) is 3.63. The fourth-order valence-electron chi connectivity index (χ4n) is 2.20. The number of aromatic nitrogens is 1. The molecule has 2 rings (SSSR count). The van der Waals surface area contributed by atoms with E-state index in [0.717, 1.165) is 15.6 Å². The number of thiazole rings is 1. The molecule has 124 valence electrons. The molecular weight excluding hydrogens is 315 g/mol. The highest BCUT2D eigenvalue weighted by Crippen LogP contribution is 2.27. The summed E-state index contributed by atoms with van der Waals surface area (Å²) in [5.74, 6) is -0.742. The first-order chi connectivity index (χ1) is 10.7. The van der Waals surface area contributed by atoms with Gasteiger partial charge in [-0.25, -0.2) is 9.37 Å². The molecule has 0 aliphatic carbocycles. The fraction of sp³-hybridized carbons (Fsp3) is 0.412. The van der Waals surface area contributed by atoms with Crippen LogP contribution < -0.4 is 5.32 Å². The highest BCUT2D eigenvalue weighted by molar-refractivity contribution is 7.11. The Morgan fingerprint density at radius 1 is 1.43 bits per heavy atom. The standard InChI is InChI=1S/C17H21FN2O2S/c1-10-11(2)23-16(19-10)17(3,4)20-15(22)9-14(21)12-6-5-7-13(18)8-12/h5-8,14,21H,9H2,1-4H3,(H,20,22). The van der Waals surface area contributed by atoms with E-state index in [-0.39, 0.29) is 12.3 Å². The van der Waals surface area contributed by atoms with Crippen LogP contribution in [0.5, 0.6) is 0 Å². The summed E-state index contributed by atoms with van der Waals surface area (Å²) in [4.78, 5) is 17.8. The SMILES string of the molecule is Cc1nc(C(C)(C)NC(=O)CC(O)c2cccc(F)c2)sc1C. The van der Waals surface area contributed by atoms with Crippen molar-refractivity contribution < 1.29 is 14.3 Å². The summed E-state index contributed by atoms with van der Waals surface area (Å²) in [7, 11) is 0. The molecule has 1 heterocycles. The van der Waals surface area contributed by atoms with Crippen molar-refractivity contribution in [3.8, 4) is 0 Å². The number of aryl methyl sites for hydroxylation is 2. The molecule has 2 aromatic rings. The van der Waals surface area contributed by atoms with Crippen LogP contribution in [0.15, 0.2) is 24.3 Å². The molecule has 0 radical (unpaired) electrons. The van der Waals surface area contributed by atoms with Gasteiger partial charge in [-0.3, -0.25) is 4.79 Å². The number of nitrogens with zero attached hydrogens (tertiary/aromatic N) is 1. The van der Waals surface area contributed by atoms with Crippen LogP contribution in [-0.4, -0.2) is 16.0 Å². The number of rotatable bonds is 5. The molecule has 0 saturated heterocycles. The van der Waals surface area contributed by atoms with Gasteiger partial charge in [0.1, 0.15) is 10.8 Å². The number of carbonyl (C=O) groups excluding carboxylic acids is 1. The van der Waals surface area contributed by atoms with Crippen molar-refractivity contribution in [2.45, 2.75) is 45.8 Å². The number of benzene rings is 1. The van der Waals surface area contributed by atoms with Gasteiger partial charge in [0.15, 0.2) is 0 Å². The minimum atomic E-state index is -1.04. The molecular formula is C17H21FN2O2S. The molecule has 1 atom stereocenters. The second kappa shape index (κ2) is 6.76. The molecule has 1 amide bonds. The van der Waals surface area contributed by atoms with Crippen LogP contribution in [-0.2, 0) is 10.3 Å². The molecule has 4 nitrogen and oxygen atoms in total. The molecule has 6 heteroatoms. The number of hydrogen-bond acceptors (Lipinski definition) is 4. The number of nitrogens with one attached hydrogen (secondary N) is 1. The Morgan fingerprint density at radius 3 is 2.70 bits per heavy atom. The molecule has 0 saturated carbocycles. The topological polar surface area (TPSA) is 62.2 Å². The molecule has 0 aliphatic heterocycles. The average molecular weight is 336 g/mol. The van der Waals surface area contributed by atoms with Gasteiger partial charge < -0.3 is 10.4 Å². The van der Waals surface area contributed by atoms with Gasteiger partial charge in [0.05, 0.1) is 23.8 Å². The first kappa shape index (κ1) is 17.6. The Balaban J connectivity index is 2.03. The molecule has 1 aromatic heterocycles. The lowest BCUT2D eigenvalue weighted by molar-refractivity contribution is -0.124. The molecule has 0 fully saturated rings. The van der Waals surface area contributed by atoms with Crippen molar-refractivity contribution in [3.63, 3.8) is 0 Å². The summed E-state index contributed by atoms with van der Waals surface area (Å²) >= 11 is 1.54. The Labute approximate surface area is 139 Å². The van der Waals surface area contributed by atoms with Crippen molar-refractivity contribution in [1.82, 2.24) is 10.3 Å². The third kappa shape index (κ3) is 4.36. The maximum atomic E-state index is 13.2. The summed E-state index contributed by atoms with van der Waals surface area (Å²) in [6, 6.07) is 5.64. The molecule has 2 N–H and O–H groups in total. The number of halogens is 1. The lowest BCUT2D eigenvalue weighted by atomic mass is 10.0. The van der Waals surface area contributed by atoms with Crippen molar-refractivity contribution in [2.75, 3.05) is 0 Å². The maximum Gasteiger partial charge on any atom is 0.223 e. The second-order valence-corrected chi connectivity index (χ2v) is 7.31. The molecule has 0 bridgehead atoms. The van der Waals surface area contributed by atoms with Gasteiger partial charge in [-0.15, -0.1) is 11.3 Å². The molecule has 0 aliphatic rings. The van der Waals surface area contributed by atoms with Crippen LogP contribution in [0, 0.1) is 19.7 Å². The summed E-state index contributed by atoms with van der Waals surface area (Å²) in [6.07, 6.45) is -1.17. The number of aliphatic hydroxyl groups is 1. The zero-order valence-corrected chi connectivity index (χ0v) is 14.5. The van der Waals surface area contributed by atoms with Crippen LogP contribution in [0.4, 0.5) is 4.39 Å². The van der Waals surface area contributed by atoms with E-state index < -0.39 is 17.5 Å². The Bertz CT molecular complexity index is 693. The van der Waals surface area contributed by atoms with E-state index in [1.807, 2.05) is 27.7 Å². The smallest absolute Gasteiger partial charge is 0.223 e. The third-order valence-corrected chi connectivity index (χ3v) is 5.02. The van der Waals surface area contributed by atoms with E-state index in [0.29, 0.717) is 5.56 Å². The molecule has 23 heavy (non-hydrogen) atoms. The lowest BCUT2D eigenvalue weighted by Gasteiger charge is -2.24. The Morgan fingerprint density at radius 2 is 2.13 bits per heavy atom. The first-order valence-corrected chi connectivity index (χ1v) is 8.20. The zero-order chi connectivity index (χ0) is 17.2. The van der Waals surface area contributed by atoms with Gasteiger partial charge >= 0.3 is 0 Å². The van der Waals surface area contributed by atoms with E-state index in [1.165, 1.54) is 18.2 Å². The first-order valence-electron chi connectivity index (χ1n) is 7.38. The quantitative estimate of drug-likeness (QED) is 0.880. The van der Waals surface area contributed by atoms with Gasteiger partial charge in [-0.2, -0.15) is 0 Å². The highest BCUT2D eigenvalue weighted by atomic mass is 32.1. The molecule has 1 unspecified atom stereocenters. The monoisotopic (exact) mass is 336 g/mol. The van der Waals surface area contributed by atoms with Crippen LogP contribution >= 0.6 is 11.3 Å². The van der Waals surface area contributed by atoms with Crippen molar-refractivity contribution >= 4 is 17.2 Å². The minimum Gasteiger partial charge on any atom is -0.388 e. The molecule has 0 spiro atoms. The van der Waals surface area contributed by atoms with Gasteiger partial charge in [-0.05, 0) is 45.4 Å². The number of carbonyl (C=O) groups is 1. The van der Waals surface area contributed by atoms with E-state index in [9.17, 15) is 14.3 Å². The van der Waals surface area contributed by atoms with Gasteiger partial charge in [-0.1, -0.05) is 12.1 Å².